The molecular formula is C10H11F2NO. The van der Waals surface area contributed by atoms with Crippen LogP contribution in [0, 0.1) is 11.6 Å². The lowest BCUT2D eigenvalue weighted by atomic mass is 10.2. The third-order valence-electron chi connectivity index (χ3n) is 1.81. The summed E-state index contributed by atoms with van der Waals surface area (Å²) >= 11 is 0. The number of hydrogen-bond donors (Lipinski definition) is 1. The van der Waals surface area contributed by atoms with Crippen molar-refractivity contribution in [3.05, 3.63) is 35.4 Å². The average Bonchev–Trinajstić information content (AvgIpc) is 2.16. The normalized spacial score (nSPS) is 9.93. The van der Waals surface area contributed by atoms with E-state index < -0.39 is 11.6 Å². The maximum atomic E-state index is 13.0. The minimum absolute atomic E-state index is 0.0960. The summed E-state index contributed by atoms with van der Waals surface area (Å²) in [5.74, 6) is -1.41. The van der Waals surface area contributed by atoms with Crippen LogP contribution >= 0.6 is 0 Å². The summed E-state index contributed by atoms with van der Waals surface area (Å²) in [5, 5.41) is 2.51. The topological polar surface area (TPSA) is 29.1 Å². The maximum absolute atomic E-state index is 13.0. The van der Waals surface area contributed by atoms with Gasteiger partial charge in [0, 0.05) is 24.6 Å². The first-order valence-electron chi connectivity index (χ1n) is 4.34. The van der Waals surface area contributed by atoms with Crippen molar-refractivity contribution in [1.29, 1.82) is 0 Å². The molecule has 2 nitrogen and oxygen atoms in total. The molecule has 4 heteroatoms. The molecule has 0 saturated heterocycles. The van der Waals surface area contributed by atoms with Gasteiger partial charge in [-0.3, -0.25) is 4.79 Å². The van der Waals surface area contributed by atoms with Crippen LogP contribution in [-0.4, -0.2) is 5.91 Å². The number of carbonyl (C=O) groups excluding carboxylic acids is 1. The Morgan fingerprint density at radius 1 is 1.43 bits per heavy atom. The summed E-state index contributed by atoms with van der Waals surface area (Å²) < 4.78 is 25.5. The molecule has 0 bridgehead atoms. The number of amides is 1. The standard InChI is InChI=1S/C10H11F2NO/c1-2-10(14)13-6-7-3-4-8(11)5-9(7)12/h3-5H,2,6H2,1H3,(H,13,14). The molecule has 1 aromatic carbocycles. The van der Waals surface area contributed by atoms with Crippen LogP contribution < -0.4 is 5.32 Å². The van der Waals surface area contributed by atoms with Crippen LogP contribution in [0.5, 0.6) is 0 Å². The molecule has 1 rings (SSSR count). The van der Waals surface area contributed by atoms with Gasteiger partial charge in [-0.15, -0.1) is 0 Å². The Morgan fingerprint density at radius 2 is 2.14 bits per heavy atom. The lowest BCUT2D eigenvalue weighted by molar-refractivity contribution is -0.120. The Labute approximate surface area is 80.9 Å². The molecule has 0 spiro atoms. The first-order valence-corrected chi connectivity index (χ1v) is 4.34. The lowest BCUT2D eigenvalue weighted by Crippen LogP contribution is -2.22. The Kier molecular flexibility index (Phi) is 3.56. The first kappa shape index (κ1) is 10.6. The monoisotopic (exact) mass is 199 g/mol. The highest BCUT2D eigenvalue weighted by Crippen LogP contribution is 2.08. The van der Waals surface area contributed by atoms with Crippen LogP contribution in [0.1, 0.15) is 18.9 Å². The second kappa shape index (κ2) is 4.69. The molecule has 0 aromatic heterocycles. The van der Waals surface area contributed by atoms with E-state index in [0.29, 0.717) is 6.42 Å². The summed E-state index contributed by atoms with van der Waals surface area (Å²) in [4.78, 5) is 10.9. The molecular weight excluding hydrogens is 188 g/mol. The first-order chi connectivity index (χ1) is 6.63. The van der Waals surface area contributed by atoms with E-state index in [4.69, 9.17) is 0 Å². The summed E-state index contributed by atoms with van der Waals surface area (Å²) in [6.45, 7) is 1.80. The van der Waals surface area contributed by atoms with E-state index in [0.717, 1.165) is 12.1 Å². The van der Waals surface area contributed by atoms with E-state index in [-0.39, 0.29) is 18.0 Å². The Bertz CT molecular complexity index is 339. The Balaban J connectivity index is 2.63. The van der Waals surface area contributed by atoms with E-state index in [9.17, 15) is 13.6 Å². The zero-order chi connectivity index (χ0) is 10.6. The van der Waals surface area contributed by atoms with E-state index in [1.807, 2.05) is 0 Å². The van der Waals surface area contributed by atoms with Crippen molar-refractivity contribution in [1.82, 2.24) is 5.32 Å². The molecule has 0 atom stereocenters. The van der Waals surface area contributed by atoms with Gasteiger partial charge in [-0.25, -0.2) is 8.78 Å². The number of nitrogens with one attached hydrogen (secondary N) is 1. The fourth-order valence-corrected chi connectivity index (χ4v) is 0.984. The van der Waals surface area contributed by atoms with Gasteiger partial charge in [0.05, 0.1) is 0 Å². The number of rotatable bonds is 3. The minimum Gasteiger partial charge on any atom is -0.352 e. The molecule has 0 heterocycles. The van der Waals surface area contributed by atoms with Gasteiger partial charge in [0.1, 0.15) is 11.6 Å². The fourth-order valence-electron chi connectivity index (χ4n) is 0.984. The maximum Gasteiger partial charge on any atom is 0.219 e. The van der Waals surface area contributed by atoms with Gasteiger partial charge in [-0.05, 0) is 6.07 Å². The Morgan fingerprint density at radius 3 is 2.71 bits per heavy atom. The van der Waals surface area contributed by atoms with E-state index in [2.05, 4.69) is 5.32 Å². The minimum atomic E-state index is -0.638. The van der Waals surface area contributed by atoms with Crippen molar-refractivity contribution in [3.63, 3.8) is 0 Å². The molecule has 0 fully saturated rings. The number of hydrogen-bond acceptors (Lipinski definition) is 1. The van der Waals surface area contributed by atoms with Crippen molar-refractivity contribution in [2.45, 2.75) is 19.9 Å². The number of benzene rings is 1. The highest BCUT2D eigenvalue weighted by Gasteiger charge is 2.04. The Hall–Kier alpha value is -1.45. The quantitative estimate of drug-likeness (QED) is 0.792. The van der Waals surface area contributed by atoms with Gasteiger partial charge in [0.25, 0.3) is 0 Å². The smallest absolute Gasteiger partial charge is 0.219 e. The predicted molar refractivity (Wildman–Crippen MR) is 48.5 cm³/mol. The number of carbonyl (C=O) groups is 1. The van der Waals surface area contributed by atoms with Gasteiger partial charge >= 0.3 is 0 Å². The van der Waals surface area contributed by atoms with E-state index >= 15 is 0 Å². The van der Waals surface area contributed by atoms with Crippen LogP contribution in [0.15, 0.2) is 18.2 Å². The van der Waals surface area contributed by atoms with Crippen molar-refractivity contribution in [2.24, 2.45) is 0 Å². The molecule has 1 aromatic rings. The average molecular weight is 199 g/mol. The van der Waals surface area contributed by atoms with Gasteiger partial charge in [-0.1, -0.05) is 13.0 Å². The SMILES string of the molecule is CCC(=O)NCc1ccc(F)cc1F. The van der Waals surface area contributed by atoms with Gasteiger partial charge < -0.3 is 5.32 Å². The molecule has 0 aliphatic carbocycles. The summed E-state index contributed by atoms with van der Waals surface area (Å²) in [7, 11) is 0. The molecule has 76 valence electrons. The van der Waals surface area contributed by atoms with Crippen molar-refractivity contribution >= 4 is 5.91 Å². The van der Waals surface area contributed by atoms with Crippen LogP contribution in [0.25, 0.3) is 0 Å². The summed E-state index contributed by atoms with van der Waals surface area (Å²) in [6, 6.07) is 3.28. The molecule has 0 aliphatic heterocycles. The third kappa shape index (κ3) is 2.80. The molecule has 1 N–H and O–H groups in total. The van der Waals surface area contributed by atoms with Crippen LogP contribution in [0.4, 0.5) is 8.78 Å². The molecule has 0 aliphatic rings. The molecule has 14 heavy (non-hydrogen) atoms. The highest BCUT2D eigenvalue weighted by molar-refractivity contribution is 5.75. The number of halogens is 2. The van der Waals surface area contributed by atoms with Gasteiger partial charge in [0.15, 0.2) is 0 Å². The van der Waals surface area contributed by atoms with E-state index in [1.54, 1.807) is 6.92 Å². The highest BCUT2D eigenvalue weighted by atomic mass is 19.1. The largest absolute Gasteiger partial charge is 0.352 e. The van der Waals surface area contributed by atoms with Crippen LogP contribution in [0.2, 0.25) is 0 Å². The fraction of sp³-hybridized carbons (Fsp3) is 0.300. The van der Waals surface area contributed by atoms with Crippen LogP contribution in [0.3, 0.4) is 0 Å². The lowest BCUT2D eigenvalue weighted by Gasteiger charge is -2.04. The zero-order valence-corrected chi connectivity index (χ0v) is 7.81. The third-order valence-corrected chi connectivity index (χ3v) is 1.81. The van der Waals surface area contributed by atoms with Crippen LogP contribution in [-0.2, 0) is 11.3 Å². The van der Waals surface area contributed by atoms with Crippen molar-refractivity contribution in [3.8, 4) is 0 Å². The predicted octanol–water partition coefficient (Wildman–Crippen LogP) is 1.99. The van der Waals surface area contributed by atoms with E-state index in [1.165, 1.54) is 6.07 Å². The molecule has 0 saturated carbocycles. The summed E-state index contributed by atoms with van der Waals surface area (Å²) in [6.07, 6.45) is 0.350. The molecule has 0 radical (unpaired) electrons. The summed E-state index contributed by atoms with van der Waals surface area (Å²) in [5.41, 5.74) is 0.285. The van der Waals surface area contributed by atoms with Gasteiger partial charge in [-0.2, -0.15) is 0 Å². The van der Waals surface area contributed by atoms with Gasteiger partial charge in [0.2, 0.25) is 5.91 Å². The second-order valence-electron chi connectivity index (χ2n) is 2.87. The van der Waals surface area contributed by atoms with Crippen molar-refractivity contribution in [2.75, 3.05) is 0 Å². The molecule has 0 unspecified atom stereocenters. The van der Waals surface area contributed by atoms with Crippen molar-refractivity contribution < 1.29 is 13.6 Å². The molecule has 1 amide bonds. The second-order valence-corrected chi connectivity index (χ2v) is 2.87. The zero-order valence-electron chi connectivity index (χ0n) is 7.81.